The van der Waals surface area contributed by atoms with Crippen molar-refractivity contribution in [3.05, 3.63) is 35.4 Å². The first-order chi connectivity index (χ1) is 6.45. The van der Waals surface area contributed by atoms with Crippen LogP contribution >= 0.6 is 0 Å². The largest absolute Gasteiger partial charge is 0.388 e. The van der Waals surface area contributed by atoms with Crippen molar-refractivity contribution in [1.29, 1.82) is 0 Å². The molecule has 0 fully saturated rings. The highest BCUT2D eigenvalue weighted by molar-refractivity contribution is 5.29. The van der Waals surface area contributed by atoms with Gasteiger partial charge in [0.1, 0.15) is 0 Å². The molecule has 0 aliphatic rings. The van der Waals surface area contributed by atoms with Crippen molar-refractivity contribution < 1.29 is 5.11 Å². The van der Waals surface area contributed by atoms with Gasteiger partial charge in [0, 0.05) is 0 Å². The molecule has 1 heteroatoms. The van der Waals surface area contributed by atoms with Crippen molar-refractivity contribution in [2.75, 3.05) is 0 Å². The number of hydrogen-bond acceptors (Lipinski definition) is 1. The van der Waals surface area contributed by atoms with Crippen LogP contribution in [-0.2, 0) is 5.41 Å². The molecule has 14 heavy (non-hydrogen) atoms. The maximum atomic E-state index is 9.72. The standard InChI is InChI=1S/C13H20O/c1-5-12(14)10-7-6-8-11(9-10)13(2,3)4/h6-9,12,14H,5H2,1-4H3/t12-/m0/s1. The molecule has 0 bridgehead atoms. The Hall–Kier alpha value is -0.820. The molecule has 0 unspecified atom stereocenters. The Morgan fingerprint density at radius 2 is 1.93 bits per heavy atom. The molecule has 1 aromatic carbocycles. The highest BCUT2D eigenvalue weighted by Gasteiger charge is 2.14. The third-order valence-electron chi connectivity index (χ3n) is 2.52. The van der Waals surface area contributed by atoms with Gasteiger partial charge in [-0.3, -0.25) is 0 Å². The van der Waals surface area contributed by atoms with Crippen LogP contribution in [0.1, 0.15) is 51.3 Å². The minimum absolute atomic E-state index is 0.156. The Labute approximate surface area is 86.8 Å². The fourth-order valence-electron chi connectivity index (χ4n) is 1.45. The zero-order valence-electron chi connectivity index (χ0n) is 9.54. The van der Waals surface area contributed by atoms with Gasteiger partial charge in [0.25, 0.3) is 0 Å². The quantitative estimate of drug-likeness (QED) is 0.761. The smallest absolute Gasteiger partial charge is 0.0787 e. The van der Waals surface area contributed by atoms with Gasteiger partial charge >= 0.3 is 0 Å². The molecule has 0 aromatic heterocycles. The molecule has 0 spiro atoms. The third-order valence-corrected chi connectivity index (χ3v) is 2.52. The molecule has 0 amide bonds. The molecule has 0 saturated carbocycles. The fraction of sp³-hybridized carbons (Fsp3) is 0.538. The van der Waals surface area contributed by atoms with Crippen LogP contribution in [0.4, 0.5) is 0 Å². The number of hydrogen-bond donors (Lipinski definition) is 1. The summed E-state index contributed by atoms with van der Waals surface area (Å²) in [6.07, 6.45) is 0.449. The van der Waals surface area contributed by atoms with E-state index >= 15 is 0 Å². The second kappa shape index (κ2) is 4.14. The Morgan fingerprint density at radius 1 is 1.29 bits per heavy atom. The van der Waals surface area contributed by atoms with E-state index in [1.165, 1.54) is 5.56 Å². The molecule has 1 atom stereocenters. The maximum absolute atomic E-state index is 9.72. The summed E-state index contributed by atoms with van der Waals surface area (Å²) in [5.74, 6) is 0. The molecule has 1 N–H and O–H groups in total. The van der Waals surface area contributed by atoms with Crippen molar-refractivity contribution in [3.8, 4) is 0 Å². The van der Waals surface area contributed by atoms with Gasteiger partial charge in [0.05, 0.1) is 6.10 Å². The fourth-order valence-corrected chi connectivity index (χ4v) is 1.45. The molecule has 0 aliphatic carbocycles. The number of aliphatic hydroxyl groups is 1. The Kier molecular flexibility index (Phi) is 3.33. The van der Waals surface area contributed by atoms with E-state index in [1.807, 2.05) is 19.1 Å². The average molecular weight is 192 g/mol. The number of aliphatic hydroxyl groups excluding tert-OH is 1. The highest BCUT2D eigenvalue weighted by Crippen LogP contribution is 2.25. The molecule has 0 radical (unpaired) electrons. The van der Waals surface area contributed by atoms with E-state index in [2.05, 4.69) is 32.9 Å². The van der Waals surface area contributed by atoms with Crippen LogP contribution in [0.15, 0.2) is 24.3 Å². The van der Waals surface area contributed by atoms with Gasteiger partial charge in [0.2, 0.25) is 0 Å². The van der Waals surface area contributed by atoms with Gasteiger partial charge in [-0.15, -0.1) is 0 Å². The zero-order valence-corrected chi connectivity index (χ0v) is 9.54. The third kappa shape index (κ3) is 2.58. The maximum Gasteiger partial charge on any atom is 0.0787 e. The average Bonchev–Trinajstić information content (AvgIpc) is 2.15. The minimum Gasteiger partial charge on any atom is -0.388 e. The van der Waals surface area contributed by atoms with E-state index < -0.39 is 0 Å². The summed E-state index contributed by atoms with van der Waals surface area (Å²) in [4.78, 5) is 0. The Morgan fingerprint density at radius 3 is 2.43 bits per heavy atom. The van der Waals surface area contributed by atoms with Gasteiger partial charge in [-0.1, -0.05) is 52.0 Å². The van der Waals surface area contributed by atoms with Crippen LogP contribution in [0.3, 0.4) is 0 Å². The van der Waals surface area contributed by atoms with E-state index in [0.717, 1.165) is 12.0 Å². The lowest BCUT2D eigenvalue weighted by atomic mass is 9.85. The molecular formula is C13H20O. The first kappa shape index (κ1) is 11.3. The summed E-state index contributed by atoms with van der Waals surface area (Å²) in [6, 6.07) is 8.23. The molecule has 1 nitrogen and oxygen atoms in total. The first-order valence-corrected chi connectivity index (χ1v) is 5.23. The lowest BCUT2D eigenvalue weighted by molar-refractivity contribution is 0.173. The van der Waals surface area contributed by atoms with Gasteiger partial charge < -0.3 is 5.11 Å². The topological polar surface area (TPSA) is 20.2 Å². The van der Waals surface area contributed by atoms with Gasteiger partial charge in [-0.2, -0.15) is 0 Å². The number of rotatable bonds is 2. The van der Waals surface area contributed by atoms with Gasteiger partial charge in [-0.05, 0) is 23.0 Å². The molecule has 0 saturated heterocycles. The predicted octanol–water partition coefficient (Wildman–Crippen LogP) is 3.43. The predicted molar refractivity (Wildman–Crippen MR) is 60.4 cm³/mol. The molecular weight excluding hydrogens is 172 g/mol. The van der Waals surface area contributed by atoms with E-state index in [-0.39, 0.29) is 11.5 Å². The van der Waals surface area contributed by atoms with Crippen LogP contribution in [0.5, 0.6) is 0 Å². The summed E-state index contributed by atoms with van der Waals surface area (Å²) in [5.41, 5.74) is 2.46. The number of benzene rings is 1. The van der Waals surface area contributed by atoms with Gasteiger partial charge in [0.15, 0.2) is 0 Å². The monoisotopic (exact) mass is 192 g/mol. The first-order valence-electron chi connectivity index (χ1n) is 5.23. The molecule has 0 aliphatic heterocycles. The zero-order chi connectivity index (χ0) is 10.8. The van der Waals surface area contributed by atoms with Crippen LogP contribution in [0.25, 0.3) is 0 Å². The Bertz CT molecular complexity index is 296. The summed E-state index contributed by atoms with van der Waals surface area (Å²) in [7, 11) is 0. The summed E-state index contributed by atoms with van der Waals surface area (Å²) < 4.78 is 0. The van der Waals surface area contributed by atoms with Crippen LogP contribution in [0, 0.1) is 0 Å². The lowest BCUT2D eigenvalue weighted by Crippen LogP contribution is -2.11. The van der Waals surface area contributed by atoms with Crippen molar-refractivity contribution in [3.63, 3.8) is 0 Å². The Balaban J connectivity index is 3.01. The van der Waals surface area contributed by atoms with Crippen LogP contribution in [-0.4, -0.2) is 5.11 Å². The van der Waals surface area contributed by atoms with Gasteiger partial charge in [-0.25, -0.2) is 0 Å². The van der Waals surface area contributed by atoms with E-state index in [0.29, 0.717) is 0 Å². The summed E-state index contributed by atoms with van der Waals surface area (Å²) >= 11 is 0. The second-order valence-electron chi connectivity index (χ2n) is 4.80. The second-order valence-corrected chi connectivity index (χ2v) is 4.80. The van der Waals surface area contributed by atoms with Crippen molar-refractivity contribution in [2.45, 2.75) is 45.6 Å². The normalized spacial score (nSPS) is 14.1. The summed E-state index contributed by atoms with van der Waals surface area (Å²) in [6.45, 7) is 8.55. The molecule has 1 rings (SSSR count). The summed E-state index contributed by atoms with van der Waals surface area (Å²) in [5, 5.41) is 9.72. The SMILES string of the molecule is CC[C@H](O)c1cccc(C(C)(C)C)c1. The highest BCUT2D eigenvalue weighted by atomic mass is 16.3. The van der Waals surface area contributed by atoms with E-state index in [9.17, 15) is 5.11 Å². The van der Waals surface area contributed by atoms with E-state index in [4.69, 9.17) is 0 Å². The molecule has 1 aromatic rings. The lowest BCUT2D eigenvalue weighted by Gasteiger charge is -2.20. The minimum atomic E-state index is -0.322. The van der Waals surface area contributed by atoms with Crippen molar-refractivity contribution in [2.24, 2.45) is 0 Å². The van der Waals surface area contributed by atoms with Crippen LogP contribution < -0.4 is 0 Å². The molecule has 0 heterocycles. The van der Waals surface area contributed by atoms with E-state index in [1.54, 1.807) is 0 Å². The van der Waals surface area contributed by atoms with Crippen molar-refractivity contribution in [1.82, 2.24) is 0 Å². The molecule has 78 valence electrons. The van der Waals surface area contributed by atoms with Crippen molar-refractivity contribution >= 4 is 0 Å². The van der Waals surface area contributed by atoms with Crippen LogP contribution in [0.2, 0.25) is 0 Å².